The molecule has 6 heteroatoms. The van der Waals surface area contributed by atoms with Gasteiger partial charge < -0.3 is 10.1 Å². The molecular weight excluding hydrogens is 364 g/mol. The van der Waals surface area contributed by atoms with Crippen LogP contribution in [0.15, 0.2) is 66.7 Å². The molecule has 0 aliphatic carbocycles. The van der Waals surface area contributed by atoms with Crippen molar-refractivity contribution in [1.29, 1.82) is 5.26 Å². The Bertz CT molecular complexity index is 1240. The van der Waals surface area contributed by atoms with Gasteiger partial charge in [0.25, 0.3) is 5.91 Å². The third kappa shape index (κ3) is 3.80. The van der Waals surface area contributed by atoms with Gasteiger partial charge in [0.15, 0.2) is 5.82 Å². The van der Waals surface area contributed by atoms with Gasteiger partial charge in [-0.1, -0.05) is 24.3 Å². The average molecular weight is 382 g/mol. The maximum atomic E-state index is 12.5. The predicted molar refractivity (Wildman–Crippen MR) is 112 cm³/mol. The fourth-order valence-electron chi connectivity index (χ4n) is 3.14. The zero-order valence-corrected chi connectivity index (χ0v) is 15.8. The summed E-state index contributed by atoms with van der Waals surface area (Å²) < 4.78 is 5.57. The normalized spacial score (nSPS) is 10.5. The van der Waals surface area contributed by atoms with Crippen LogP contribution in [0, 0.1) is 11.3 Å². The highest BCUT2D eigenvalue weighted by Gasteiger charge is 2.12. The van der Waals surface area contributed by atoms with Gasteiger partial charge in [-0.25, -0.2) is 0 Å². The van der Waals surface area contributed by atoms with E-state index in [1.165, 1.54) is 0 Å². The number of amides is 1. The molecule has 0 aliphatic heterocycles. The lowest BCUT2D eigenvalue weighted by atomic mass is 10.0. The van der Waals surface area contributed by atoms with Crippen molar-refractivity contribution in [2.45, 2.75) is 6.92 Å². The number of nitrogens with one attached hydrogen (secondary N) is 2. The van der Waals surface area contributed by atoms with E-state index in [0.717, 1.165) is 27.8 Å². The topological polar surface area (TPSA) is 90.8 Å². The number of rotatable bonds is 5. The summed E-state index contributed by atoms with van der Waals surface area (Å²) in [6.45, 7) is 2.57. The second-order valence-electron chi connectivity index (χ2n) is 6.44. The van der Waals surface area contributed by atoms with Crippen LogP contribution in [-0.4, -0.2) is 22.7 Å². The summed E-state index contributed by atoms with van der Waals surface area (Å²) in [4.78, 5) is 12.5. The Balaban J connectivity index is 1.61. The number of ether oxygens (including phenoxy) is 1. The summed E-state index contributed by atoms with van der Waals surface area (Å²) in [5.41, 5.74) is 3.70. The summed E-state index contributed by atoms with van der Waals surface area (Å²) in [6.07, 6.45) is 0. The second kappa shape index (κ2) is 7.87. The van der Waals surface area contributed by atoms with E-state index in [9.17, 15) is 4.79 Å². The molecule has 0 bridgehead atoms. The molecule has 0 atom stereocenters. The van der Waals surface area contributed by atoms with Gasteiger partial charge in [-0.2, -0.15) is 10.4 Å². The molecule has 1 heterocycles. The molecule has 1 amide bonds. The largest absolute Gasteiger partial charge is 0.494 e. The third-order valence-corrected chi connectivity index (χ3v) is 4.53. The summed E-state index contributed by atoms with van der Waals surface area (Å²) in [5.74, 6) is 0.952. The number of hydrogen-bond donors (Lipinski definition) is 2. The van der Waals surface area contributed by atoms with Crippen molar-refractivity contribution in [3.63, 3.8) is 0 Å². The molecule has 4 aromatic rings. The minimum Gasteiger partial charge on any atom is -0.494 e. The van der Waals surface area contributed by atoms with Crippen molar-refractivity contribution >= 4 is 22.6 Å². The molecule has 0 spiro atoms. The van der Waals surface area contributed by atoms with Gasteiger partial charge in [0.05, 0.1) is 23.8 Å². The lowest BCUT2D eigenvalue weighted by Gasteiger charge is -2.07. The van der Waals surface area contributed by atoms with Gasteiger partial charge in [-0.05, 0) is 60.5 Å². The smallest absolute Gasteiger partial charge is 0.256 e. The van der Waals surface area contributed by atoms with E-state index in [1.54, 1.807) is 24.3 Å². The molecule has 4 rings (SSSR count). The summed E-state index contributed by atoms with van der Waals surface area (Å²) >= 11 is 0. The van der Waals surface area contributed by atoms with E-state index in [1.807, 2.05) is 55.5 Å². The first-order valence-corrected chi connectivity index (χ1v) is 9.21. The Hall–Kier alpha value is -4.11. The molecule has 0 saturated carbocycles. The molecule has 142 valence electrons. The van der Waals surface area contributed by atoms with Crippen molar-refractivity contribution in [2.75, 3.05) is 11.9 Å². The zero-order valence-electron chi connectivity index (χ0n) is 15.8. The van der Waals surface area contributed by atoms with Crippen molar-refractivity contribution in [3.05, 3.63) is 77.9 Å². The molecule has 0 unspecified atom stereocenters. The molecule has 0 aliphatic rings. The van der Waals surface area contributed by atoms with E-state index in [4.69, 9.17) is 10.00 Å². The number of aromatic nitrogens is 2. The number of carbonyl (C=O) groups excluding carboxylic acids is 1. The Labute approximate surface area is 167 Å². The van der Waals surface area contributed by atoms with Crippen molar-refractivity contribution < 1.29 is 9.53 Å². The molecule has 0 radical (unpaired) electrons. The fraction of sp³-hybridized carbons (Fsp3) is 0.0870. The van der Waals surface area contributed by atoms with Crippen LogP contribution in [0.2, 0.25) is 0 Å². The SMILES string of the molecule is CCOc1cccc(-c2ccc3c(NC(=O)c4cccc(C#N)c4)n[nH]c3c2)c1. The summed E-state index contributed by atoms with van der Waals surface area (Å²) in [7, 11) is 0. The molecule has 1 aromatic heterocycles. The number of fused-ring (bicyclic) bond motifs is 1. The van der Waals surface area contributed by atoms with Crippen LogP contribution in [-0.2, 0) is 0 Å². The van der Waals surface area contributed by atoms with Crippen LogP contribution in [0.1, 0.15) is 22.8 Å². The van der Waals surface area contributed by atoms with Crippen LogP contribution in [0.5, 0.6) is 5.75 Å². The number of aromatic amines is 1. The van der Waals surface area contributed by atoms with Gasteiger partial charge in [0.1, 0.15) is 5.75 Å². The number of nitrogens with zero attached hydrogens (tertiary/aromatic N) is 2. The second-order valence-corrected chi connectivity index (χ2v) is 6.44. The Kier molecular flexibility index (Phi) is 4.95. The zero-order chi connectivity index (χ0) is 20.2. The first-order valence-electron chi connectivity index (χ1n) is 9.21. The molecule has 0 saturated heterocycles. The van der Waals surface area contributed by atoms with E-state index in [0.29, 0.717) is 23.6 Å². The lowest BCUT2D eigenvalue weighted by Crippen LogP contribution is -2.12. The number of anilines is 1. The number of carbonyl (C=O) groups is 1. The number of benzene rings is 3. The monoisotopic (exact) mass is 382 g/mol. The third-order valence-electron chi connectivity index (χ3n) is 4.53. The van der Waals surface area contributed by atoms with Crippen LogP contribution >= 0.6 is 0 Å². The fourth-order valence-corrected chi connectivity index (χ4v) is 3.14. The molecule has 3 aromatic carbocycles. The Morgan fingerprint density at radius 1 is 1.10 bits per heavy atom. The Morgan fingerprint density at radius 2 is 1.93 bits per heavy atom. The quantitative estimate of drug-likeness (QED) is 0.521. The maximum absolute atomic E-state index is 12.5. The van der Waals surface area contributed by atoms with Crippen LogP contribution in [0.4, 0.5) is 5.82 Å². The average Bonchev–Trinajstić information content (AvgIpc) is 3.16. The highest BCUT2D eigenvalue weighted by Crippen LogP contribution is 2.29. The number of nitriles is 1. The summed E-state index contributed by atoms with van der Waals surface area (Å²) in [6, 6.07) is 22.4. The minimum absolute atomic E-state index is 0.316. The van der Waals surface area contributed by atoms with Gasteiger partial charge in [-0.15, -0.1) is 0 Å². The number of H-pyrrole nitrogens is 1. The van der Waals surface area contributed by atoms with Crippen LogP contribution in [0.3, 0.4) is 0 Å². The van der Waals surface area contributed by atoms with E-state index >= 15 is 0 Å². The van der Waals surface area contributed by atoms with Crippen molar-refractivity contribution in [1.82, 2.24) is 10.2 Å². The standard InChI is InChI=1S/C23H18N4O2/c1-2-29-19-8-4-6-16(12-19)17-9-10-20-21(13-17)26-27-22(20)25-23(28)18-7-3-5-15(11-18)14-24/h3-13H,2H2,1H3,(H2,25,26,27,28). The molecular formula is C23H18N4O2. The van der Waals surface area contributed by atoms with Gasteiger partial charge in [0.2, 0.25) is 0 Å². The molecule has 6 nitrogen and oxygen atoms in total. The molecule has 29 heavy (non-hydrogen) atoms. The van der Waals surface area contributed by atoms with Crippen LogP contribution < -0.4 is 10.1 Å². The Morgan fingerprint density at radius 3 is 2.76 bits per heavy atom. The predicted octanol–water partition coefficient (Wildman–Crippen LogP) is 4.75. The maximum Gasteiger partial charge on any atom is 0.256 e. The van der Waals surface area contributed by atoms with E-state index < -0.39 is 0 Å². The van der Waals surface area contributed by atoms with Gasteiger partial charge in [-0.3, -0.25) is 9.89 Å². The molecule has 2 N–H and O–H groups in total. The van der Waals surface area contributed by atoms with Gasteiger partial charge >= 0.3 is 0 Å². The number of hydrogen-bond acceptors (Lipinski definition) is 4. The summed E-state index contributed by atoms with van der Waals surface area (Å²) in [5, 5.41) is 19.8. The van der Waals surface area contributed by atoms with Gasteiger partial charge in [0, 0.05) is 10.9 Å². The first kappa shape index (κ1) is 18.3. The van der Waals surface area contributed by atoms with Crippen LogP contribution in [0.25, 0.3) is 22.0 Å². The highest BCUT2D eigenvalue weighted by atomic mass is 16.5. The van der Waals surface area contributed by atoms with E-state index in [2.05, 4.69) is 15.5 Å². The minimum atomic E-state index is -0.316. The highest BCUT2D eigenvalue weighted by molar-refractivity contribution is 6.08. The van der Waals surface area contributed by atoms with E-state index in [-0.39, 0.29) is 5.91 Å². The lowest BCUT2D eigenvalue weighted by molar-refractivity contribution is 0.102. The van der Waals surface area contributed by atoms with Crippen molar-refractivity contribution in [2.24, 2.45) is 0 Å². The molecule has 0 fully saturated rings. The first-order chi connectivity index (χ1) is 14.2. The van der Waals surface area contributed by atoms with Crippen molar-refractivity contribution in [3.8, 4) is 22.9 Å².